The van der Waals surface area contributed by atoms with Crippen LogP contribution in [0, 0.1) is 0 Å². The van der Waals surface area contributed by atoms with Gasteiger partial charge >= 0.3 is 0 Å². The fraction of sp³-hybridized carbons (Fsp3) is 0.857. The van der Waals surface area contributed by atoms with E-state index in [9.17, 15) is 0 Å². The van der Waals surface area contributed by atoms with Crippen LogP contribution >= 0.6 is 0 Å². The second-order valence-corrected chi connectivity index (χ2v) is 4.25. The predicted molar refractivity (Wildman–Crippen MR) is 74.7 cm³/mol. The highest BCUT2D eigenvalue weighted by atomic mass is 16.5. The van der Waals surface area contributed by atoms with Crippen molar-refractivity contribution < 1.29 is 19.7 Å². The number of hydrogen-bond acceptors (Lipinski definition) is 4. The number of hydrogen-bond donors (Lipinski definition) is 2. The Hall–Kier alpha value is -0.420. The van der Waals surface area contributed by atoms with Crippen LogP contribution in [0.25, 0.3) is 0 Å². The van der Waals surface area contributed by atoms with E-state index in [2.05, 4.69) is 13.5 Å². The maximum absolute atomic E-state index is 8.69. The Morgan fingerprint density at radius 2 is 1.94 bits per heavy atom. The summed E-state index contributed by atoms with van der Waals surface area (Å²) in [6.45, 7) is 11.0. The molecule has 0 fully saturated rings. The third-order valence-corrected chi connectivity index (χ3v) is 2.01. The van der Waals surface area contributed by atoms with Gasteiger partial charge in [-0.05, 0) is 20.3 Å². The first kappa shape index (κ1) is 19.9. The number of aliphatic hydroxyl groups is 2. The Morgan fingerprint density at radius 1 is 1.28 bits per heavy atom. The van der Waals surface area contributed by atoms with Crippen LogP contribution in [0.5, 0.6) is 0 Å². The van der Waals surface area contributed by atoms with Gasteiger partial charge in [0.2, 0.25) is 0 Å². The van der Waals surface area contributed by atoms with Gasteiger partial charge in [-0.15, -0.1) is 6.58 Å². The van der Waals surface area contributed by atoms with Crippen LogP contribution in [0.3, 0.4) is 0 Å². The molecule has 2 atom stereocenters. The maximum Gasteiger partial charge on any atom is 0.0779 e. The number of ether oxygens (including phenoxy) is 2. The molecule has 4 heteroatoms. The fourth-order valence-corrected chi connectivity index (χ4v) is 0.977. The van der Waals surface area contributed by atoms with Crippen molar-refractivity contribution in [1.82, 2.24) is 0 Å². The first-order chi connectivity index (χ1) is 8.58. The summed E-state index contributed by atoms with van der Waals surface area (Å²) >= 11 is 0. The minimum Gasteiger partial charge on any atom is -0.394 e. The molecule has 0 spiro atoms. The van der Waals surface area contributed by atoms with Gasteiger partial charge < -0.3 is 19.7 Å². The first-order valence-corrected chi connectivity index (χ1v) is 6.67. The van der Waals surface area contributed by atoms with Gasteiger partial charge in [-0.2, -0.15) is 0 Å². The Kier molecular flexibility index (Phi) is 18.3. The van der Waals surface area contributed by atoms with Crippen molar-refractivity contribution in [3.05, 3.63) is 12.7 Å². The summed E-state index contributed by atoms with van der Waals surface area (Å²) in [5.41, 5.74) is 0. The van der Waals surface area contributed by atoms with Gasteiger partial charge in [0.15, 0.2) is 0 Å². The highest BCUT2D eigenvalue weighted by Gasteiger charge is 2.00. The normalized spacial score (nSPS) is 13.4. The predicted octanol–water partition coefficient (Wildman–Crippen LogP) is 2.14. The molecule has 0 amide bonds. The van der Waals surface area contributed by atoms with Gasteiger partial charge in [-0.25, -0.2) is 0 Å². The Morgan fingerprint density at radius 3 is 2.39 bits per heavy atom. The monoisotopic (exact) mass is 262 g/mol. The lowest BCUT2D eigenvalue weighted by atomic mass is 10.3. The number of rotatable bonds is 10. The van der Waals surface area contributed by atoms with Gasteiger partial charge in [0.1, 0.15) is 0 Å². The van der Waals surface area contributed by atoms with E-state index in [4.69, 9.17) is 19.7 Å². The van der Waals surface area contributed by atoms with E-state index in [1.807, 2.05) is 0 Å². The maximum atomic E-state index is 8.69. The summed E-state index contributed by atoms with van der Waals surface area (Å²) in [6.07, 6.45) is 4.89. The van der Waals surface area contributed by atoms with Crippen LogP contribution < -0.4 is 0 Å². The average Bonchev–Trinajstić information content (AvgIpc) is 2.36. The summed E-state index contributed by atoms with van der Waals surface area (Å²) in [4.78, 5) is 0. The zero-order chi connectivity index (χ0) is 14.2. The fourth-order valence-electron chi connectivity index (χ4n) is 0.977. The highest BCUT2D eigenvalue weighted by Crippen LogP contribution is 1.93. The van der Waals surface area contributed by atoms with Crippen molar-refractivity contribution >= 4 is 0 Å². The number of aliphatic hydroxyl groups excluding tert-OH is 2. The topological polar surface area (TPSA) is 58.9 Å². The first-order valence-electron chi connectivity index (χ1n) is 6.67. The van der Waals surface area contributed by atoms with E-state index in [1.165, 1.54) is 19.3 Å². The second kappa shape index (κ2) is 16.6. The lowest BCUT2D eigenvalue weighted by molar-refractivity contribution is -0.0177. The van der Waals surface area contributed by atoms with Gasteiger partial charge in [-0.3, -0.25) is 0 Å². The molecule has 0 aliphatic carbocycles. The SMILES string of the molecule is C=CCOCCCCC.CC(O)COC(C)CO. The van der Waals surface area contributed by atoms with Crippen LogP contribution in [-0.2, 0) is 9.47 Å². The molecule has 0 radical (unpaired) electrons. The molecule has 0 aliphatic heterocycles. The van der Waals surface area contributed by atoms with E-state index >= 15 is 0 Å². The van der Waals surface area contributed by atoms with Crippen LogP contribution in [0.15, 0.2) is 12.7 Å². The molecule has 0 rings (SSSR count). The second-order valence-electron chi connectivity index (χ2n) is 4.25. The Bertz CT molecular complexity index is 160. The van der Waals surface area contributed by atoms with Gasteiger partial charge in [-0.1, -0.05) is 25.8 Å². The molecule has 0 aromatic carbocycles. The van der Waals surface area contributed by atoms with Crippen molar-refractivity contribution in [2.75, 3.05) is 26.4 Å². The summed E-state index contributed by atoms with van der Waals surface area (Å²) in [7, 11) is 0. The summed E-state index contributed by atoms with van der Waals surface area (Å²) in [5, 5.41) is 17.1. The van der Waals surface area contributed by atoms with E-state index in [-0.39, 0.29) is 12.7 Å². The van der Waals surface area contributed by atoms with E-state index in [0.29, 0.717) is 13.2 Å². The quantitative estimate of drug-likeness (QED) is 0.468. The summed E-state index contributed by atoms with van der Waals surface area (Å²) < 4.78 is 10.1. The Labute approximate surface area is 112 Å². The molecule has 2 unspecified atom stereocenters. The molecule has 2 N–H and O–H groups in total. The van der Waals surface area contributed by atoms with Gasteiger partial charge in [0.25, 0.3) is 0 Å². The van der Waals surface area contributed by atoms with E-state index < -0.39 is 6.10 Å². The van der Waals surface area contributed by atoms with Crippen LogP contribution in [0.4, 0.5) is 0 Å². The third-order valence-electron chi connectivity index (χ3n) is 2.01. The molecule has 0 aromatic rings. The lowest BCUT2D eigenvalue weighted by Gasteiger charge is -2.10. The molecular weight excluding hydrogens is 232 g/mol. The molecule has 0 bridgehead atoms. The smallest absolute Gasteiger partial charge is 0.0779 e. The molecule has 0 heterocycles. The van der Waals surface area contributed by atoms with Gasteiger partial charge in [0.05, 0.1) is 32.0 Å². The van der Waals surface area contributed by atoms with Crippen LogP contribution in [0.1, 0.15) is 40.0 Å². The molecular formula is C14H30O4. The average molecular weight is 262 g/mol. The molecule has 4 nitrogen and oxygen atoms in total. The van der Waals surface area contributed by atoms with Crippen LogP contribution in [-0.4, -0.2) is 48.8 Å². The zero-order valence-corrected chi connectivity index (χ0v) is 12.1. The molecule has 0 saturated heterocycles. The lowest BCUT2D eigenvalue weighted by Crippen LogP contribution is -2.19. The molecule has 0 aromatic heterocycles. The zero-order valence-electron chi connectivity index (χ0n) is 12.1. The van der Waals surface area contributed by atoms with Gasteiger partial charge in [0, 0.05) is 6.61 Å². The summed E-state index contributed by atoms with van der Waals surface area (Å²) in [6, 6.07) is 0. The molecule has 0 aliphatic rings. The largest absolute Gasteiger partial charge is 0.394 e. The van der Waals surface area contributed by atoms with Crippen molar-refractivity contribution in [3.63, 3.8) is 0 Å². The van der Waals surface area contributed by atoms with Crippen molar-refractivity contribution in [2.45, 2.75) is 52.2 Å². The minimum atomic E-state index is -0.445. The molecule has 110 valence electrons. The van der Waals surface area contributed by atoms with Crippen molar-refractivity contribution in [1.29, 1.82) is 0 Å². The highest BCUT2D eigenvalue weighted by molar-refractivity contribution is 4.63. The summed E-state index contributed by atoms with van der Waals surface area (Å²) in [5.74, 6) is 0. The number of unbranched alkanes of at least 4 members (excludes halogenated alkanes) is 2. The standard InChI is InChI=1S/C8H16O.C6H14O3/c1-3-5-6-8-9-7-4-2;1-5(8)4-9-6(2)3-7/h4H,2-3,5-8H2,1H3;5-8H,3-4H2,1-2H3. The Balaban J connectivity index is 0. The van der Waals surface area contributed by atoms with E-state index in [0.717, 1.165) is 6.61 Å². The molecule has 18 heavy (non-hydrogen) atoms. The van der Waals surface area contributed by atoms with Crippen molar-refractivity contribution in [2.24, 2.45) is 0 Å². The van der Waals surface area contributed by atoms with Crippen molar-refractivity contribution in [3.8, 4) is 0 Å². The third kappa shape index (κ3) is 20.9. The van der Waals surface area contributed by atoms with E-state index in [1.54, 1.807) is 19.9 Å². The van der Waals surface area contributed by atoms with Crippen LogP contribution in [0.2, 0.25) is 0 Å². The molecule has 0 saturated carbocycles. The minimum absolute atomic E-state index is 0.00667.